The van der Waals surface area contributed by atoms with Crippen LogP contribution in [0.5, 0.6) is 5.75 Å². The summed E-state index contributed by atoms with van der Waals surface area (Å²) in [4.78, 5) is 27.2. The third-order valence-corrected chi connectivity index (χ3v) is 4.40. The van der Waals surface area contributed by atoms with Crippen LogP contribution in [0.15, 0.2) is 48.8 Å². The number of rotatable bonds is 9. The van der Waals surface area contributed by atoms with E-state index in [0.29, 0.717) is 0 Å². The molecule has 0 aliphatic rings. The Morgan fingerprint density at radius 1 is 1.15 bits per heavy atom. The molecular formula is C21H16F4N6O2. The molecule has 8 nitrogen and oxygen atoms in total. The first kappa shape index (κ1) is 23.4. The lowest BCUT2D eigenvalue weighted by Gasteiger charge is -2.18. The van der Waals surface area contributed by atoms with Crippen LogP contribution in [0.1, 0.15) is 22.6 Å². The van der Waals surface area contributed by atoms with Crippen molar-refractivity contribution in [1.82, 2.24) is 20.3 Å². The highest BCUT2D eigenvalue weighted by molar-refractivity contribution is 5.79. The average molecular weight is 460 g/mol. The van der Waals surface area contributed by atoms with E-state index in [4.69, 9.17) is 0 Å². The SMILES string of the molecule is N#Cc1cc(OF)c(NCC(F)(F)c2ccccn2)nc1CC(=O)NCc1ncccc1F. The molecule has 170 valence electrons. The largest absolute Gasteiger partial charge is 0.360 e. The molecule has 12 heteroatoms. The summed E-state index contributed by atoms with van der Waals surface area (Å²) >= 11 is 0. The predicted octanol–water partition coefficient (Wildman–Crippen LogP) is 3.21. The first-order valence-electron chi connectivity index (χ1n) is 9.46. The molecule has 0 atom stereocenters. The van der Waals surface area contributed by atoms with Gasteiger partial charge in [-0.3, -0.25) is 19.7 Å². The minimum atomic E-state index is -3.44. The van der Waals surface area contributed by atoms with E-state index in [0.717, 1.165) is 12.1 Å². The van der Waals surface area contributed by atoms with Crippen LogP contribution in [0.3, 0.4) is 0 Å². The Balaban J connectivity index is 1.75. The van der Waals surface area contributed by atoms with E-state index in [-0.39, 0.29) is 23.5 Å². The molecule has 0 saturated carbocycles. The second-order valence-corrected chi connectivity index (χ2v) is 6.68. The highest BCUT2D eigenvalue weighted by Crippen LogP contribution is 2.30. The van der Waals surface area contributed by atoms with Crippen molar-refractivity contribution in [1.29, 1.82) is 5.26 Å². The molecule has 0 unspecified atom stereocenters. The van der Waals surface area contributed by atoms with Crippen LogP contribution in [0, 0.1) is 17.1 Å². The van der Waals surface area contributed by atoms with Crippen molar-refractivity contribution in [2.24, 2.45) is 0 Å². The molecule has 3 rings (SSSR count). The summed E-state index contributed by atoms with van der Waals surface area (Å²) in [5.74, 6) is -5.75. The maximum absolute atomic E-state index is 14.4. The summed E-state index contributed by atoms with van der Waals surface area (Å²) in [7, 11) is 0. The number of nitriles is 1. The molecule has 0 aliphatic heterocycles. The van der Waals surface area contributed by atoms with Gasteiger partial charge < -0.3 is 10.6 Å². The number of nitrogens with one attached hydrogen (secondary N) is 2. The van der Waals surface area contributed by atoms with Gasteiger partial charge in [-0.1, -0.05) is 6.07 Å². The van der Waals surface area contributed by atoms with Crippen LogP contribution in [0.2, 0.25) is 0 Å². The van der Waals surface area contributed by atoms with Gasteiger partial charge in [0, 0.05) is 23.0 Å². The van der Waals surface area contributed by atoms with Crippen LogP contribution in [0.25, 0.3) is 0 Å². The molecule has 0 aromatic carbocycles. The Morgan fingerprint density at radius 2 is 1.94 bits per heavy atom. The maximum atomic E-state index is 14.4. The molecule has 0 aliphatic carbocycles. The lowest BCUT2D eigenvalue weighted by molar-refractivity contribution is -0.120. The van der Waals surface area contributed by atoms with Crippen LogP contribution < -0.4 is 15.6 Å². The zero-order chi connectivity index (χ0) is 23.8. The number of alkyl halides is 2. The first-order chi connectivity index (χ1) is 15.8. The van der Waals surface area contributed by atoms with Gasteiger partial charge in [0.2, 0.25) is 11.7 Å². The van der Waals surface area contributed by atoms with E-state index < -0.39 is 47.9 Å². The van der Waals surface area contributed by atoms with Gasteiger partial charge in [0.15, 0.2) is 5.82 Å². The molecule has 0 bridgehead atoms. The molecule has 2 N–H and O–H groups in total. The van der Waals surface area contributed by atoms with Gasteiger partial charge in [-0.15, -0.1) is 0 Å². The Labute approximate surface area is 185 Å². The van der Waals surface area contributed by atoms with Crippen molar-refractivity contribution in [2.75, 3.05) is 11.9 Å². The Bertz CT molecular complexity index is 1170. The number of pyridine rings is 3. The molecule has 0 radical (unpaired) electrons. The number of aromatic nitrogens is 3. The van der Waals surface area contributed by atoms with Gasteiger partial charge in [-0.2, -0.15) is 14.0 Å². The summed E-state index contributed by atoms with van der Waals surface area (Å²) in [6.45, 7) is -1.23. The number of hydrogen-bond donors (Lipinski definition) is 2. The van der Waals surface area contributed by atoms with Gasteiger partial charge >= 0.3 is 5.92 Å². The summed E-state index contributed by atoms with van der Waals surface area (Å²) in [5.41, 5.74) is -0.848. The number of anilines is 1. The van der Waals surface area contributed by atoms with E-state index in [2.05, 4.69) is 30.5 Å². The van der Waals surface area contributed by atoms with Crippen molar-refractivity contribution in [3.63, 3.8) is 0 Å². The van der Waals surface area contributed by atoms with Crippen molar-refractivity contribution < 1.29 is 27.4 Å². The molecule has 3 heterocycles. The lowest BCUT2D eigenvalue weighted by Crippen LogP contribution is -2.27. The van der Waals surface area contributed by atoms with Crippen LogP contribution in [0.4, 0.5) is 23.5 Å². The number of hydrogen-bond acceptors (Lipinski definition) is 7. The number of amides is 1. The molecule has 0 fully saturated rings. The van der Waals surface area contributed by atoms with E-state index in [1.807, 2.05) is 0 Å². The molecule has 1 amide bonds. The third-order valence-electron chi connectivity index (χ3n) is 4.40. The third kappa shape index (κ3) is 5.91. The van der Waals surface area contributed by atoms with E-state index in [1.165, 1.54) is 36.7 Å². The normalized spacial score (nSPS) is 10.9. The van der Waals surface area contributed by atoms with Gasteiger partial charge in [-0.25, -0.2) is 9.37 Å². The highest BCUT2D eigenvalue weighted by Gasteiger charge is 2.33. The summed E-state index contributed by atoms with van der Waals surface area (Å²) in [6, 6.07) is 9.22. The summed E-state index contributed by atoms with van der Waals surface area (Å²) < 4.78 is 55.4. The number of carbonyl (C=O) groups excluding carboxylic acids is 1. The fourth-order valence-electron chi connectivity index (χ4n) is 2.76. The standard InChI is InChI=1S/C21H16F4N6O2/c22-14-4-3-7-27-16(14)11-29-19(32)9-15-13(10-26)8-17(33-25)20(31-15)30-12-21(23,24)18-5-1-2-6-28-18/h1-8H,9,11-12H2,(H,29,32)(H,30,31). The monoisotopic (exact) mass is 460 g/mol. The molecule has 3 aromatic heterocycles. The van der Waals surface area contributed by atoms with Crippen molar-refractivity contribution >= 4 is 11.7 Å². The smallest absolute Gasteiger partial charge is 0.306 e. The van der Waals surface area contributed by atoms with Gasteiger partial charge in [-0.05, 0) is 24.3 Å². The topological polar surface area (TPSA) is 113 Å². The van der Waals surface area contributed by atoms with E-state index in [1.54, 1.807) is 6.07 Å². The predicted molar refractivity (Wildman–Crippen MR) is 107 cm³/mol. The zero-order valence-electron chi connectivity index (χ0n) is 16.9. The average Bonchev–Trinajstić information content (AvgIpc) is 2.83. The number of halogens is 4. The van der Waals surface area contributed by atoms with Crippen molar-refractivity contribution in [3.8, 4) is 11.8 Å². The zero-order valence-corrected chi connectivity index (χ0v) is 16.9. The van der Waals surface area contributed by atoms with Crippen LogP contribution in [-0.2, 0) is 23.7 Å². The minimum Gasteiger partial charge on any atom is -0.360 e. The highest BCUT2D eigenvalue weighted by atomic mass is 19.3. The Morgan fingerprint density at radius 3 is 2.61 bits per heavy atom. The summed E-state index contributed by atoms with van der Waals surface area (Å²) in [5, 5.41) is 14.0. The van der Waals surface area contributed by atoms with Gasteiger partial charge in [0.05, 0.1) is 36.5 Å². The van der Waals surface area contributed by atoms with Crippen molar-refractivity contribution in [3.05, 3.63) is 77.3 Å². The van der Waals surface area contributed by atoms with Crippen LogP contribution >= 0.6 is 0 Å². The number of carbonyl (C=O) groups is 1. The summed E-state index contributed by atoms with van der Waals surface area (Å²) in [6.07, 6.45) is 2.09. The lowest BCUT2D eigenvalue weighted by atomic mass is 10.1. The molecule has 0 saturated heterocycles. The molecule has 3 aromatic rings. The first-order valence-corrected chi connectivity index (χ1v) is 9.46. The fourth-order valence-corrected chi connectivity index (χ4v) is 2.76. The Hall–Kier alpha value is -4.27. The Kier molecular flexibility index (Phi) is 7.34. The van der Waals surface area contributed by atoms with Crippen LogP contribution in [-0.4, -0.2) is 27.4 Å². The van der Waals surface area contributed by atoms with Gasteiger partial charge in [0.25, 0.3) is 0 Å². The quantitative estimate of drug-likeness (QED) is 0.472. The van der Waals surface area contributed by atoms with Gasteiger partial charge in [0.1, 0.15) is 17.6 Å². The second-order valence-electron chi connectivity index (χ2n) is 6.68. The number of nitrogens with zero attached hydrogens (tertiary/aromatic N) is 4. The maximum Gasteiger partial charge on any atom is 0.306 e. The minimum absolute atomic E-state index is 0.000369. The second kappa shape index (κ2) is 10.4. The van der Waals surface area contributed by atoms with E-state index in [9.17, 15) is 27.8 Å². The molecule has 0 spiro atoms. The molecular weight excluding hydrogens is 444 g/mol. The molecule has 33 heavy (non-hydrogen) atoms. The van der Waals surface area contributed by atoms with E-state index >= 15 is 0 Å². The van der Waals surface area contributed by atoms with Crippen molar-refractivity contribution in [2.45, 2.75) is 18.9 Å². The fraction of sp³-hybridized carbons (Fsp3) is 0.190.